The number of anilines is 2. The molecule has 0 saturated carbocycles. The number of aryl methyl sites for hydroxylation is 2. The van der Waals surface area contributed by atoms with Gasteiger partial charge in [-0.15, -0.1) is 0 Å². The van der Waals surface area contributed by atoms with Gasteiger partial charge in [0.2, 0.25) is 0 Å². The molecular weight excluding hydrogens is 793 g/mol. The largest absolute Gasteiger partial charge is 0.493 e. The summed E-state index contributed by atoms with van der Waals surface area (Å²) >= 11 is 0. The van der Waals surface area contributed by atoms with Gasteiger partial charge in [-0.2, -0.15) is 0 Å². The van der Waals surface area contributed by atoms with Crippen LogP contribution in [0.4, 0.5) is 11.4 Å². The van der Waals surface area contributed by atoms with E-state index in [1.54, 1.807) is 0 Å². The highest BCUT2D eigenvalue weighted by molar-refractivity contribution is 5.54. The van der Waals surface area contributed by atoms with E-state index in [0.29, 0.717) is 0 Å². The third-order valence-corrected chi connectivity index (χ3v) is 13.0. The van der Waals surface area contributed by atoms with Crippen molar-refractivity contribution < 1.29 is 9.47 Å². The first-order chi connectivity index (χ1) is 31.9. The molecule has 0 aliphatic heterocycles. The van der Waals surface area contributed by atoms with Crippen LogP contribution in [0.1, 0.15) is 278 Å². The molecule has 2 aromatic carbocycles. The minimum atomic E-state index is 0.845. The number of rotatable bonds is 43. The Morgan fingerprint density at radius 2 is 0.538 bits per heavy atom. The molecular formula is C61H114N2O2. The molecule has 0 N–H and O–H groups in total. The van der Waals surface area contributed by atoms with Gasteiger partial charge >= 0.3 is 0 Å². The van der Waals surface area contributed by atoms with E-state index >= 15 is 0 Å². The standard InChI is InChI=1S/C34H63NO.C25H45NO.C2H6/c1-5-8-11-14-17-20-23-28-35(29-24-21-18-15-12-9-6-2)33-27-26-32(4)34(31-33)36-30-25-22-19-16-13-10-7-3;1-5-8-11-14-19-26(20-15-12-9-6-2)24-18-17-23(4)25(22-24)27-21-16-13-10-7-3;1-2/h26-27,31H,5-25,28-30H2,1-4H3;17-18,22H,5-16,19-21H2,1-4H3;1-2H3. The van der Waals surface area contributed by atoms with Crippen LogP contribution >= 0.6 is 0 Å². The maximum atomic E-state index is 6.29. The Morgan fingerprint density at radius 1 is 0.308 bits per heavy atom. The van der Waals surface area contributed by atoms with Gasteiger partial charge in [0.05, 0.1) is 13.2 Å². The molecule has 4 heteroatoms. The maximum absolute atomic E-state index is 6.29. The molecule has 2 rings (SSSR count). The quantitative estimate of drug-likeness (QED) is 0.0619. The summed E-state index contributed by atoms with van der Waals surface area (Å²) in [6, 6.07) is 13.8. The van der Waals surface area contributed by atoms with Gasteiger partial charge in [-0.05, 0) is 75.6 Å². The maximum Gasteiger partial charge on any atom is 0.124 e. The molecule has 2 aromatic rings. The van der Waals surface area contributed by atoms with Crippen LogP contribution in [0, 0.1) is 13.8 Å². The zero-order valence-electron chi connectivity index (χ0n) is 45.8. The second kappa shape index (κ2) is 48.1. The van der Waals surface area contributed by atoms with Crippen LogP contribution in [0.15, 0.2) is 36.4 Å². The highest BCUT2D eigenvalue weighted by Gasteiger charge is 2.12. The predicted octanol–water partition coefficient (Wildman–Crippen LogP) is 20.4. The average molecular weight is 908 g/mol. The van der Waals surface area contributed by atoms with E-state index in [9.17, 15) is 0 Å². The molecule has 0 fully saturated rings. The lowest BCUT2D eigenvalue weighted by Crippen LogP contribution is -2.25. The summed E-state index contributed by atoms with van der Waals surface area (Å²) in [6.45, 7) is 28.5. The van der Waals surface area contributed by atoms with Crippen LogP contribution in [0.3, 0.4) is 0 Å². The van der Waals surface area contributed by atoms with Crippen molar-refractivity contribution in [1.29, 1.82) is 0 Å². The van der Waals surface area contributed by atoms with Gasteiger partial charge in [0.15, 0.2) is 0 Å². The van der Waals surface area contributed by atoms with Gasteiger partial charge in [-0.3, -0.25) is 0 Å². The summed E-state index contributed by atoms with van der Waals surface area (Å²) < 4.78 is 12.4. The van der Waals surface area contributed by atoms with Crippen molar-refractivity contribution in [1.82, 2.24) is 0 Å². The highest BCUT2D eigenvalue weighted by atomic mass is 16.5. The van der Waals surface area contributed by atoms with E-state index in [-0.39, 0.29) is 0 Å². The number of benzene rings is 2. The Hall–Kier alpha value is -2.36. The molecule has 0 spiro atoms. The lowest BCUT2D eigenvalue weighted by molar-refractivity contribution is 0.302. The first-order valence-corrected chi connectivity index (χ1v) is 28.9. The van der Waals surface area contributed by atoms with Crippen LogP contribution in [0.2, 0.25) is 0 Å². The summed E-state index contributed by atoms with van der Waals surface area (Å²) in [6.07, 6.45) is 44.2. The fraction of sp³-hybridized carbons (Fsp3) is 0.803. The molecule has 0 heterocycles. The number of ether oxygens (including phenoxy) is 2. The number of unbranched alkanes of at least 4 members (excludes halogenated alkanes) is 27. The zero-order chi connectivity index (χ0) is 47.9. The lowest BCUT2D eigenvalue weighted by atomic mass is 10.1. The fourth-order valence-corrected chi connectivity index (χ4v) is 8.55. The molecule has 0 unspecified atom stereocenters. The van der Waals surface area contributed by atoms with E-state index in [1.807, 2.05) is 13.8 Å². The van der Waals surface area contributed by atoms with Crippen LogP contribution in [-0.2, 0) is 0 Å². The zero-order valence-corrected chi connectivity index (χ0v) is 45.8. The van der Waals surface area contributed by atoms with Crippen molar-refractivity contribution in [2.75, 3.05) is 49.2 Å². The molecule has 4 nitrogen and oxygen atoms in total. The van der Waals surface area contributed by atoms with E-state index in [0.717, 1.165) is 31.1 Å². The first-order valence-electron chi connectivity index (χ1n) is 28.9. The third-order valence-electron chi connectivity index (χ3n) is 13.0. The van der Waals surface area contributed by atoms with Crippen molar-refractivity contribution in [3.05, 3.63) is 47.5 Å². The lowest BCUT2D eigenvalue weighted by Gasteiger charge is -2.26. The number of nitrogens with zero attached hydrogens (tertiary/aromatic N) is 2. The average Bonchev–Trinajstić information content (AvgIpc) is 3.32. The van der Waals surface area contributed by atoms with Gasteiger partial charge in [-0.25, -0.2) is 0 Å². The van der Waals surface area contributed by atoms with Gasteiger partial charge in [0.1, 0.15) is 11.5 Å². The smallest absolute Gasteiger partial charge is 0.124 e. The van der Waals surface area contributed by atoms with Gasteiger partial charge in [0.25, 0.3) is 0 Å². The van der Waals surface area contributed by atoms with Gasteiger partial charge in [-0.1, -0.05) is 241 Å². The summed E-state index contributed by atoms with van der Waals surface area (Å²) in [5.41, 5.74) is 5.24. The highest BCUT2D eigenvalue weighted by Crippen LogP contribution is 2.28. The van der Waals surface area contributed by atoms with E-state index in [1.165, 1.54) is 254 Å². The molecule has 0 atom stereocenters. The molecule has 0 amide bonds. The molecule has 0 aliphatic carbocycles. The molecule has 0 saturated heterocycles. The Morgan fingerprint density at radius 3 is 0.831 bits per heavy atom. The Kier molecular flexibility index (Phi) is 46.4. The van der Waals surface area contributed by atoms with Crippen molar-refractivity contribution in [3.63, 3.8) is 0 Å². The minimum absolute atomic E-state index is 0.845. The second-order valence-corrected chi connectivity index (χ2v) is 19.1. The van der Waals surface area contributed by atoms with E-state index < -0.39 is 0 Å². The Bertz CT molecular complexity index is 1230. The molecule has 65 heavy (non-hydrogen) atoms. The van der Waals surface area contributed by atoms with Crippen molar-refractivity contribution in [2.24, 2.45) is 0 Å². The summed E-state index contributed by atoms with van der Waals surface area (Å²) in [5.74, 6) is 2.18. The monoisotopic (exact) mass is 907 g/mol. The van der Waals surface area contributed by atoms with Crippen LogP contribution in [-0.4, -0.2) is 39.4 Å². The van der Waals surface area contributed by atoms with Crippen LogP contribution < -0.4 is 19.3 Å². The van der Waals surface area contributed by atoms with E-state index in [2.05, 4.69) is 102 Å². The molecule has 0 radical (unpaired) electrons. The minimum Gasteiger partial charge on any atom is -0.493 e. The van der Waals surface area contributed by atoms with Gasteiger partial charge < -0.3 is 19.3 Å². The second-order valence-electron chi connectivity index (χ2n) is 19.1. The van der Waals surface area contributed by atoms with Crippen molar-refractivity contribution >= 4 is 11.4 Å². The SMILES string of the molecule is CC.CCCCCCCCCOc1cc(N(CCCCCCCCC)CCCCCCCCC)ccc1C.CCCCCCOc1cc(N(CCCCCC)CCCCCC)ccc1C. The normalized spacial score (nSPS) is 10.9. The van der Waals surface area contributed by atoms with Crippen molar-refractivity contribution in [2.45, 2.75) is 281 Å². The summed E-state index contributed by atoms with van der Waals surface area (Å²) in [7, 11) is 0. The van der Waals surface area contributed by atoms with Gasteiger partial charge in [0, 0.05) is 49.7 Å². The summed E-state index contributed by atoms with van der Waals surface area (Å²) in [4.78, 5) is 5.24. The summed E-state index contributed by atoms with van der Waals surface area (Å²) in [5, 5.41) is 0. The van der Waals surface area contributed by atoms with Crippen molar-refractivity contribution in [3.8, 4) is 11.5 Å². The first kappa shape index (κ1) is 62.6. The Labute approximate surface area is 408 Å². The number of hydrogen-bond donors (Lipinski definition) is 0. The number of hydrogen-bond acceptors (Lipinski definition) is 4. The molecule has 0 aliphatic rings. The van der Waals surface area contributed by atoms with Crippen LogP contribution in [0.5, 0.6) is 11.5 Å². The molecule has 0 bridgehead atoms. The van der Waals surface area contributed by atoms with Crippen LogP contribution in [0.25, 0.3) is 0 Å². The fourth-order valence-electron chi connectivity index (χ4n) is 8.55. The molecule has 380 valence electrons. The Balaban J connectivity index is 0.00000126. The van der Waals surface area contributed by atoms with E-state index in [4.69, 9.17) is 9.47 Å². The molecule has 0 aromatic heterocycles. The third kappa shape index (κ3) is 35.5. The topological polar surface area (TPSA) is 24.9 Å². The predicted molar refractivity (Wildman–Crippen MR) is 296 cm³/mol.